The van der Waals surface area contributed by atoms with Crippen molar-refractivity contribution in [1.29, 1.82) is 0 Å². The second-order valence-electron chi connectivity index (χ2n) is 5.16. The summed E-state index contributed by atoms with van der Waals surface area (Å²) in [4.78, 5) is 7.01. The molecule has 3 nitrogen and oxygen atoms in total. The zero-order valence-corrected chi connectivity index (χ0v) is 11.4. The molecule has 2 aromatic rings. The molecule has 0 saturated heterocycles. The summed E-state index contributed by atoms with van der Waals surface area (Å²) in [6.07, 6.45) is 1.09. The van der Waals surface area contributed by atoms with Crippen molar-refractivity contribution >= 4 is 11.5 Å². The van der Waals surface area contributed by atoms with Crippen LogP contribution in [0.4, 0.5) is 11.5 Å². The molecule has 0 bridgehead atoms. The minimum absolute atomic E-state index is 0.0346. The molecular formula is C16H19N3. The van der Waals surface area contributed by atoms with Crippen LogP contribution in [0, 0.1) is 6.92 Å². The number of aromatic nitrogens is 1. The van der Waals surface area contributed by atoms with Crippen molar-refractivity contribution in [1.82, 2.24) is 4.98 Å². The van der Waals surface area contributed by atoms with Gasteiger partial charge in [-0.15, -0.1) is 0 Å². The summed E-state index contributed by atoms with van der Waals surface area (Å²) in [5.41, 5.74) is 10.8. The topological polar surface area (TPSA) is 42.2 Å². The lowest BCUT2D eigenvalue weighted by molar-refractivity contribution is 0.797. The van der Waals surface area contributed by atoms with Crippen LogP contribution in [0.15, 0.2) is 36.4 Å². The van der Waals surface area contributed by atoms with Crippen molar-refractivity contribution in [2.24, 2.45) is 5.73 Å². The first-order chi connectivity index (χ1) is 9.16. The monoisotopic (exact) mass is 253 g/mol. The second-order valence-corrected chi connectivity index (χ2v) is 5.16. The van der Waals surface area contributed by atoms with Crippen molar-refractivity contribution in [3.63, 3.8) is 0 Å². The molecule has 0 fully saturated rings. The van der Waals surface area contributed by atoms with Crippen LogP contribution in [0.5, 0.6) is 0 Å². The van der Waals surface area contributed by atoms with Crippen LogP contribution in [0.25, 0.3) is 0 Å². The van der Waals surface area contributed by atoms with E-state index in [1.54, 1.807) is 0 Å². The van der Waals surface area contributed by atoms with Gasteiger partial charge < -0.3 is 10.6 Å². The molecule has 0 amide bonds. The SMILES string of the molecule is Cc1nc(N2CCc3ccccc32)ccc1[C@@H](C)N. The fourth-order valence-corrected chi connectivity index (χ4v) is 2.77. The van der Waals surface area contributed by atoms with Crippen LogP contribution in [0.3, 0.4) is 0 Å². The molecule has 0 radical (unpaired) electrons. The largest absolute Gasteiger partial charge is 0.326 e. The Kier molecular flexibility index (Phi) is 2.99. The highest BCUT2D eigenvalue weighted by molar-refractivity contribution is 5.67. The molecule has 3 heteroatoms. The molecule has 3 rings (SSSR count). The maximum atomic E-state index is 5.94. The van der Waals surface area contributed by atoms with Gasteiger partial charge in [0.2, 0.25) is 0 Å². The van der Waals surface area contributed by atoms with Gasteiger partial charge in [0.15, 0.2) is 0 Å². The Balaban J connectivity index is 1.99. The number of fused-ring (bicyclic) bond motifs is 1. The Morgan fingerprint density at radius 2 is 2.00 bits per heavy atom. The Morgan fingerprint density at radius 1 is 1.21 bits per heavy atom. The summed E-state index contributed by atoms with van der Waals surface area (Å²) in [5, 5.41) is 0. The summed E-state index contributed by atoms with van der Waals surface area (Å²) in [6, 6.07) is 12.8. The number of nitrogens with two attached hydrogens (primary N) is 1. The molecule has 1 aromatic heterocycles. The van der Waals surface area contributed by atoms with Gasteiger partial charge in [0.25, 0.3) is 0 Å². The first-order valence-electron chi connectivity index (χ1n) is 6.75. The highest BCUT2D eigenvalue weighted by Gasteiger charge is 2.21. The van der Waals surface area contributed by atoms with E-state index in [1.165, 1.54) is 11.3 Å². The number of hydrogen-bond donors (Lipinski definition) is 1. The smallest absolute Gasteiger partial charge is 0.133 e. The minimum atomic E-state index is 0.0346. The van der Waals surface area contributed by atoms with Gasteiger partial charge in [0, 0.05) is 24.0 Å². The highest BCUT2D eigenvalue weighted by atomic mass is 15.2. The number of aryl methyl sites for hydroxylation is 1. The number of nitrogens with zero attached hydrogens (tertiary/aromatic N) is 2. The first kappa shape index (κ1) is 12.2. The Hall–Kier alpha value is -1.87. The van der Waals surface area contributed by atoms with Crippen molar-refractivity contribution in [2.75, 3.05) is 11.4 Å². The van der Waals surface area contributed by atoms with Gasteiger partial charge in [-0.25, -0.2) is 4.98 Å². The summed E-state index contributed by atoms with van der Waals surface area (Å²) in [6.45, 7) is 5.03. The van der Waals surface area contributed by atoms with Gasteiger partial charge in [-0.1, -0.05) is 24.3 Å². The average molecular weight is 253 g/mol. The molecule has 1 aliphatic rings. The number of para-hydroxylation sites is 1. The molecule has 1 atom stereocenters. The molecule has 0 spiro atoms. The predicted molar refractivity (Wildman–Crippen MR) is 78.7 cm³/mol. The van der Waals surface area contributed by atoms with E-state index >= 15 is 0 Å². The van der Waals surface area contributed by atoms with Crippen LogP contribution in [0.2, 0.25) is 0 Å². The number of benzene rings is 1. The molecule has 2 N–H and O–H groups in total. The molecule has 0 saturated carbocycles. The Morgan fingerprint density at radius 3 is 2.74 bits per heavy atom. The fraction of sp³-hybridized carbons (Fsp3) is 0.312. The third kappa shape index (κ3) is 2.10. The first-order valence-corrected chi connectivity index (χ1v) is 6.75. The van der Waals surface area contributed by atoms with E-state index in [4.69, 9.17) is 10.7 Å². The van der Waals surface area contributed by atoms with Gasteiger partial charge in [-0.3, -0.25) is 0 Å². The predicted octanol–water partition coefficient (Wildman–Crippen LogP) is 3.10. The maximum absolute atomic E-state index is 5.94. The Labute approximate surface area is 114 Å². The van der Waals surface area contributed by atoms with Gasteiger partial charge in [0.05, 0.1) is 0 Å². The number of hydrogen-bond acceptors (Lipinski definition) is 3. The van der Waals surface area contributed by atoms with Crippen LogP contribution < -0.4 is 10.6 Å². The van der Waals surface area contributed by atoms with E-state index in [2.05, 4.69) is 41.3 Å². The van der Waals surface area contributed by atoms with Gasteiger partial charge in [0.1, 0.15) is 5.82 Å². The van der Waals surface area contributed by atoms with Crippen LogP contribution >= 0.6 is 0 Å². The Bertz CT molecular complexity index is 605. The third-order valence-electron chi connectivity index (χ3n) is 3.77. The molecule has 0 aliphatic carbocycles. The van der Waals surface area contributed by atoms with Crippen molar-refractivity contribution in [3.8, 4) is 0 Å². The fourth-order valence-electron chi connectivity index (χ4n) is 2.77. The lowest BCUT2D eigenvalue weighted by Crippen LogP contribution is -2.16. The summed E-state index contributed by atoms with van der Waals surface area (Å²) in [7, 11) is 0. The standard InChI is InChI=1S/C16H19N3/c1-11(17)14-7-8-16(18-12(14)2)19-10-9-13-5-3-4-6-15(13)19/h3-8,11H,9-10,17H2,1-2H3/t11-/m1/s1. The summed E-state index contributed by atoms with van der Waals surface area (Å²) < 4.78 is 0. The molecule has 98 valence electrons. The number of anilines is 2. The quantitative estimate of drug-likeness (QED) is 0.894. The van der Waals surface area contributed by atoms with E-state index < -0.39 is 0 Å². The molecule has 19 heavy (non-hydrogen) atoms. The van der Waals surface area contributed by atoms with Crippen molar-refractivity contribution in [2.45, 2.75) is 26.3 Å². The van der Waals surface area contributed by atoms with Crippen LogP contribution in [-0.4, -0.2) is 11.5 Å². The van der Waals surface area contributed by atoms with E-state index in [0.29, 0.717) is 0 Å². The lowest BCUT2D eigenvalue weighted by atomic mass is 10.1. The van der Waals surface area contributed by atoms with E-state index in [9.17, 15) is 0 Å². The second kappa shape index (κ2) is 4.67. The molecule has 1 aliphatic heterocycles. The molecule has 1 aromatic carbocycles. The molecular weight excluding hydrogens is 234 g/mol. The van der Waals surface area contributed by atoms with Crippen LogP contribution in [0.1, 0.15) is 29.8 Å². The minimum Gasteiger partial charge on any atom is -0.326 e. The van der Waals surface area contributed by atoms with Crippen molar-refractivity contribution in [3.05, 3.63) is 53.2 Å². The molecule has 0 unspecified atom stereocenters. The van der Waals surface area contributed by atoms with Gasteiger partial charge in [-0.05, 0) is 43.5 Å². The van der Waals surface area contributed by atoms with E-state index in [-0.39, 0.29) is 6.04 Å². The highest BCUT2D eigenvalue weighted by Crippen LogP contribution is 2.33. The number of rotatable bonds is 2. The molecule has 2 heterocycles. The van der Waals surface area contributed by atoms with Gasteiger partial charge >= 0.3 is 0 Å². The van der Waals surface area contributed by atoms with Crippen molar-refractivity contribution < 1.29 is 0 Å². The van der Waals surface area contributed by atoms with E-state index in [1.807, 2.05) is 13.8 Å². The lowest BCUT2D eigenvalue weighted by Gasteiger charge is -2.20. The zero-order valence-electron chi connectivity index (χ0n) is 11.4. The maximum Gasteiger partial charge on any atom is 0.133 e. The van der Waals surface area contributed by atoms with Crippen LogP contribution in [-0.2, 0) is 6.42 Å². The summed E-state index contributed by atoms with van der Waals surface area (Å²) in [5.74, 6) is 1.02. The average Bonchev–Trinajstić information content (AvgIpc) is 2.82. The zero-order chi connectivity index (χ0) is 13.4. The van der Waals surface area contributed by atoms with Gasteiger partial charge in [-0.2, -0.15) is 0 Å². The normalized spacial score (nSPS) is 15.4. The summed E-state index contributed by atoms with van der Waals surface area (Å²) >= 11 is 0. The number of pyridine rings is 1. The van der Waals surface area contributed by atoms with E-state index in [0.717, 1.165) is 30.0 Å². The third-order valence-corrected chi connectivity index (χ3v) is 3.77.